The summed E-state index contributed by atoms with van der Waals surface area (Å²) in [5, 5.41) is 10.4. The number of anilines is 1. The van der Waals surface area contributed by atoms with Crippen molar-refractivity contribution < 1.29 is 9.53 Å². The van der Waals surface area contributed by atoms with E-state index in [1.165, 1.54) is 19.3 Å². The van der Waals surface area contributed by atoms with Gasteiger partial charge in [-0.3, -0.25) is 4.79 Å². The molecule has 5 fully saturated rings. The number of carbonyl (C=O) groups excluding carboxylic acids is 1. The number of fused-ring (bicyclic) bond motifs is 2. The first-order valence-corrected chi connectivity index (χ1v) is 16.9. The Morgan fingerprint density at radius 3 is 2.64 bits per heavy atom. The van der Waals surface area contributed by atoms with E-state index in [1.807, 2.05) is 36.5 Å². The summed E-state index contributed by atoms with van der Waals surface area (Å²) >= 11 is 0. The zero-order valence-electron chi connectivity index (χ0n) is 26.3. The molecule has 2 saturated heterocycles. The monoisotopic (exact) mass is 625 g/mol. The molecule has 236 valence electrons. The number of amides is 1. The fraction of sp³-hybridized carbons (Fsp3) is 0.444. The maximum Gasteiger partial charge on any atom is 0.254 e. The van der Waals surface area contributed by atoms with Gasteiger partial charge in [0, 0.05) is 68.0 Å². The van der Waals surface area contributed by atoms with Gasteiger partial charge in [-0.1, -0.05) is 0 Å². The van der Waals surface area contributed by atoms with Crippen LogP contribution in [-0.4, -0.2) is 72.7 Å². The zero-order chi connectivity index (χ0) is 31.4. The number of hydrogen-bond donors (Lipinski definition) is 0. The lowest BCUT2D eigenvalue weighted by atomic mass is 9.53. The van der Waals surface area contributed by atoms with Crippen molar-refractivity contribution in [3.8, 4) is 23.3 Å². The third-order valence-corrected chi connectivity index (χ3v) is 11.5. The first-order valence-electron chi connectivity index (χ1n) is 16.9. The number of imidazole rings is 1. The van der Waals surface area contributed by atoms with E-state index in [2.05, 4.69) is 41.0 Å². The second-order valence-corrected chi connectivity index (χ2v) is 14.3. The maximum atomic E-state index is 14.0. The molecule has 47 heavy (non-hydrogen) atoms. The highest BCUT2D eigenvalue weighted by atomic mass is 16.5. The Labute approximate surface area is 271 Å². The molecule has 11 heteroatoms. The number of rotatable bonds is 8. The first kappa shape index (κ1) is 27.2. The third-order valence-electron chi connectivity index (χ3n) is 11.5. The minimum absolute atomic E-state index is 0.0995. The van der Waals surface area contributed by atoms with Crippen molar-refractivity contribution in [1.82, 2.24) is 34.0 Å². The predicted molar refractivity (Wildman–Crippen MR) is 175 cm³/mol. The molecular weight excluding hydrogens is 590 g/mol. The Hall–Kier alpha value is -4.98. The zero-order valence-corrected chi connectivity index (χ0v) is 26.3. The third kappa shape index (κ3) is 4.13. The van der Waals surface area contributed by atoms with Gasteiger partial charge >= 0.3 is 0 Å². The van der Waals surface area contributed by atoms with E-state index in [4.69, 9.17) is 14.7 Å². The predicted octanol–water partition coefficient (Wildman–Crippen LogP) is 4.75. The minimum Gasteiger partial charge on any atom is -0.494 e. The Kier molecular flexibility index (Phi) is 5.78. The van der Waals surface area contributed by atoms with Crippen molar-refractivity contribution in [3.63, 3.8) is 0 Å². The number of benzene rings is 1. The molecule has 5 aromatic rings. The fourth-order valence-corrected chi connectivity index (χ4v) is 8.97. The van der Waals surface area contributed by atoms with Crippen molar-refractivity contribution in [1.29, 1.82) is 5.26 Å². The second-order valence-electron chi connectivity index (χ2n) is 14.3. The molecule has 0 radical (unpaired) electrons. The highest BCUT2D eigenvalue weighted by molar-refractivity contribution is 6.00. The number of aromatic nitrogens is 6. The Bertz CT molecular complexity index is 2140. The molecule has 10 rings (SSSR count). The van der Waals surface area contributed by atoms with E-state index >= 15 is 0 Å². The average molecular weight is 626 g/mol. The van der Waals surface area contributed by atoms with Gasteiger partial charge in [0.25, 0.3) is 5.91 Å². The van der Waals surface area contributed by atoms with E-state index in [-0.39, 0.29) is 11.7 Å². The maximum absolute atomic E-state index is 14.0. The van der Waals surface area contributed by atoms with Gasteiger partial charge in [0.2, 0.25) is 5.82 Å². The SMILES string of the molecule is COc1cc(C(=O)N2CC3CC4CC2[C@H]43)cc2nc(-c3cc4cccnc4n3CC3CC3)n(CC3CN(c4ccnc(C#N)n4)C3)c12. The van der Waals surface area contributed by atoms with Crippen LogP contribution in [0.25, 0.3) is 33.6 Å². The van der Waals surface area contributed by atoms with E-state index in [0.29, 0.717) is 41.0 Å². The molecule has 2 aliphatic heterocycles. The fourth-order valence-electron chi connectivity index (χ4n) is 8.97. The molecule has 3 saturated carbocycles. The number of likely N-dealkylation sites (tertiary alicyclic amines) is 1. The van der Waals surface area contributed by atoms with Gasteiger partial charge in [-0.05, 0) is 85.8 Å². The van der Waals surface area contributed by atoms with Gasteiger partial charge in [0.05, 0.1) is 18.3 Å². The molecule has 0 N–H and O–H groups in total. The van der Waals surface area contributed by atoms with E-state index in [1.54, 1.807) is 13.3 Å². The highest BCUT2D eigenvalue weighted by Gasteiger charge is 2.61. The Balaban J connectivity index is 1.06. The van der Waals surface area contributed by atoms with Gasteiger partial charge in [-0.25, -0.2) is 19.9 Å². The summed E-state index contributed by atoms with van der Waals surface area (Å²) in [6.07, 6.45) is 8.40. The van der Waals surface area contributed by atoms with Crippen molar-refractivity contribution in [2.75, 3.05) is 31.6 Å². The lowest BCUT2D eigenvalue weighted by molar-refractivity contribution is -0.0204. The molecule has 0 bridgehead atoms. The smallest absolute Gasteiger partial charge is 0.254 e. The van der Waals surface area contributed by atoms with Crippen LogP contribution < -0.4 is 9.64 Å². The molecule has 1 aromatic carbocycles. The molecule has 0 spiro atoms. The number of ether oxygens (including phenoxy) is 1. The van der Waals surface area contributed by atoms with Gasteiger partial charge in [-0.2, -0.15) is 5.26 Å². The van der Waals surface area contributed by atoms with Crippen LogP contribution in [0.5, 0.6) is 5.75 Å². The summed E-state index contributed by atoms with van der Waals surface area (Å²) in [6, 6.07) is 14.5. The molecular formula is C36H35N9O2. The second kappa shape index (κ2) is 10.0. The molecule has 3 aliphatic carbocycles. The lowest BCUT2D eigenvalue weighted by Crippen LogP contribution is -2.53. The van der Waals surface area contributed by atoms with Crippen molar-refractivity contribution in [2.45, 2.75) is 44.8 Å². The summed E-state index contributed by atoms with van der Waals surface area (Å²) in [7, 11) is 1.69. The topological polar surface area (TPSA) is 118 Å². The van der Waals surface area contributed by atoms with Crippen LogP contribution in [0.2, 0.25) is 0 Å². The van der Waals surface area contributed by atoms with Crippen LogP contribution in [0, 0.1) is 40.9 Å². The number of nitriles is 1. The average Bonchev–Trinajstić information content (AvgIpc) is 3.72. The minimum atomic E-state index is 0.0995. The van der Waals surface area contributed by atoms with Crippen molar-refractivity contribution >= 4 is 33.8 Å². The van der Waals surface area contributed by atoms with E-state index < -0.39 is 0 Å². The molecule has 6 heterocycles. The molecule has 5 aliphatic rings. The molecule has 1 amide bonds. The van der Waals surface area contributed by atoms with Crippen LogP contribution in [0.15, 0.2) is 48.8 Å². The quantitative estimate of drug-likeness (QED) is 0.243. The Morgan fingerprint density at radius 1 is 0.979 bits per heavy atom. The molecule has 3 unspecified atom stereocenters. The van der Waals surface area contributed by atoms with Gasteiger partial charge in [0.1, 0.15) is 28.8 Å². The van der Waals surface area contributed by atoms with Gasteiger partial charge in [0.15, 0.2) is 5.82 Å². The van der Waals surface area contributed by atoms with Crippen LogP contribution in [0.1, 0.15) is 41.9 Å². The number of methoxy groups -OCH3 is 1. The van der Waals surface area contributed by atoms with Crippen molar-refractivity contribution in [3.05, 3.63) is 60.2 Å². The largest absolute Gasteiger partial charge is 0.494 e. The molecule has 4 atom stereocenters. The Morgan fingerprint density at radius 2 is 1.85 bits per heavy atom. The molecule has 11 nitrogen and oxygen atoms in total. The standard InChI is InChI=1S/C36H35N9O2/c1-47-29-13-24(36(46)44-19-25-9-23-12-27(44)32(23)25)10-26-33(29)45(18-21-15-42(16-21)31-6-8-38-30(14-37)41-31)35(40-26)28-11-22-3-2-7-39-34(22)43(28)17-20-4-5-20/h2-3,6-8,10-11,13,20-21,23,25,27,32H,4-5,9,12,15-19H2,1H3/t23?,25?,27?,32-/m1/s1. The lowest BCUT2D eigenvalue weighted by Gasteiger charge is -2.52. The summed E-state index contributed by atoms with van der Waals surface area (Å²) in [6.45, 7) is 4.10. The number of hydrogen-bond acceptors (Lipinski definition) is 8. The normalized spacial score (nSPS) is 24.5. The van der Waals surface area contributed by atoms with E-state index in [0.717, 1.165) is 84.5 Å². The summed E-state index contributed by atoms with van der Waals surface area (Å²) in [5.41, 5.74) is 4.36. The van der Waals surface area contributed by atoms with Gasteiger partial charge in [-0.15, -0.1) is 0 Å². The highest BCUT2D eigenvalue weighted by Crippen LogP contribution is 2.60. The summed E-state index contributed by atoms with van der Waals surface area (Å²) in [5.74, 6) is 5.79. The number of carbonyl (C=O) groups is 1. The summed E-state index contributed by atoms with van der Waals surface area (Å²) in [4.78, 5) is 36.9. The van der Waals surface area contributed by atoms with Crippen molar-refractivity contribution in [2.24, 2.45) is 29.6 Å². The number of nitrogens with zero attached hydrogens (tertiary/aromatic N) is 9. The van der Waals surface area contributed by atoms with Crippen LogP contribution in [0.4, 0.5) is 5.82 Å². The summed E-state index contributed by atoms with van der Waals surface area (Å²) < 4.78 is 10.7. The van der Waals surface area contributed by atoms with Gasteiger partial charge < -0.3 is 23.7 Å². The van der Waals surface area contributed by atoms with Crippen LogP contribution >= 0.6 is 0 Å². The van der Waals surface area contributed by atoms with Crippen LogP contribution in [0.3, 0.4) is 0 Å². The van der Waals surface area contributed by atoms with E-state index in [9.17, 15) is 10.1 Å². The first-order chi connectivity index (χ1) is 23.1. The molecule has 4 aromatic heterocycles. The van der Waals surface area contributed by atoms with Crippen LogP contribution in [-0.2, 0) is 13.1 Å². The number of pyridine rings is 1.